The van der Waals surface area contributed by atoms with Gasteiger partial charge in [-0.3, -0.25) is 4.79 Å². The van der Waals surface area contributed by atoms with Crippen LogP contribution >= 0.6 is 0 Å². The maximum absolute atomic E-state index is 12.7. The molecule has 9 heteroatoms. The minimum absolute atomic E-state index is 0.0259. The highest BCUT2D eigenvalue weighted by molar-refractivity contribution is 6.02. The van der Waals surface area contributed by atoms with E-state index in [9.17, 15) is 18.0 Å². The van der Waals surface area contributed by atoms with Gasteiger partial charge in [-0.15, -0.1) is 0 Å². The number of carbonyl (C=O) groups is 1. The summed E-state index contributed by atoms with van der Waals surface area (Å²) >= 11 is 0. The van der Waals surface area contributed by atoms with Gasteiger partial charge in [0.25, 0.3) is 5.91 Å². The molecule has 0 saturated carbocycles. The lowest BCUT2D eigenvalue weighted by molar-refractivity contribution is -0.137. The fourth-order valence-electron chi connectivity index (χ4n) is 2.88. The third-order valence-corrected chi connectivity index (χ3v) is 4.50. The first kappa shape index (κ1) is 25.4. The molecular weight excluding hydrogens is 419 g/mol. The molecule has 0 aliphatic rings. The molecule has 0 saturated heterocycles. The molecule has 2 aromatic carbocycles. The number of nitrogens with two attached hydrogens (primary N) is 2. The molecule has 0 radical (unpaired) electrons. The molecule has 0 aromatic heterocycles. The zero-order valence-electron chi connectivity index (χ0n) is 18.6. The molecule has 2 atom stereocenters. The molecule has 0 spiro atoms. The summed E-state index contributed by atoms with van der Waals surface area (Å²) in [5, 5.41) is 6.02. The van der Waals surface area contributed by atoms with E-state index in [0.29, 0.717) is 6.42 Å². The molecule has 6 N–H and O–H groups in total. The second-order valence-electron chi connectivity index (χ2n) is 8.72. The smallest absolute Gasteiger partial charge is 0.351 e. The van der Waals surface area contributed by atoms with Crippen LogP contribution in [0.5, 0.6) is 0 Å². The van der Waals surface area contributed by atoms with Gasteiger partial charge in [0.2, 0.25) is 5.96 Å². The summed E-state index contributed by atoms with van der Waals surface area (Å²) in [5.74, 6) is -0.584. The SMILES string of the molecule is Cc1ccc(C(N)CC(N)N/C(=N\C(=O)c2ccc(C(F)(F)F)cc2)NC(C)(C)C)cc1. The lowest BCUT2D eigenvalue weighted by Crippen LogP contribution is -2.54. The van der Waals surface area contributed by atoms with Crippen LogP contribution in [0.3, 0.4) is 0 Å². The summed E-state index contributed by atoms with van der Waals surface area (Å²) in [7, 11) is 0. The van der Waals surface area contributed by atoms with Crippen molar-refractivity contribution in [3.05, 3.63) is 70.8 Å². The van der Waals surface area contributed by atoms with Crippen LogP contribution in [0.25, 0.3) is 0 Å². The van der Waals surface area contributed by atoms with E-state index in [1.165, 1.54) is 0 Å². The summed E-state index contributed by atoms with van der Waals surface area (Å²) < 4.78 is 38.2. The Morgan fingerprint density at radius 1 is 1.00 bits per heavy atom. The first-order valence-electron chi connectivity index (χ1n) is 10.2. The number of benzene rings is 2. The molecule has 0 bridgehead atoms. The maximum Gasteiger partial charge on any atom is 0.416 e. The highest BCUT2D eigenvalue weighted by Gasteiger charge is 2.30. The van der Waals surface area contributed by atoms with Crippen LogP contribution in [0, 0.1) is 6.92 Å². The van der Waals surface area contributed by atoms with Crippen LogP contribution in [0.15, 0.2) is 53.5 Å². The predicted molar refractivity (Wildman–Crippen MR) is 120 cm³/mol. The molecule has 2 unspecified atom stereocenters. The zero-order chi connectivity index (χ0) is 24.1. The molecule has 0 aliphatic heterocycles. The Morgan fingerprint density at radius 3 is 2.06 bits per heavy atom. The van der Waals surface area contributed by atoms with E-state index < -0.39 is 29.4 Å². The van der Waals surface area contributed by atoms with Gasteiger partial charge in [0.15, 0.2) is 0 Å². The highest BCUT2D eigenvalue weighted by atomic mass is 19.4. The van der Waals surface area contributed by atoms with Crippen LogP contribution in [0.4, 0.5) is 13.2 Å². The standard InChI is InChI=1S/C23H30F3N5O/c1-14-5-7-15(8-6-14)18(27)13-19(28)29-21(31-22(2,3)4)30-20(32)16-9-11-17(12-10-16)23(24,25)26/h5-12,18-19H,13,27-28H2,1-4H3,(H2,29,30,31,32). The summed E-state index contributed by atoms with van der Waals surface area (Å²) in [6.45, 7) is 7.60. The van der Waals surface area contributed by atoms with Crippen LogP contribution in [0.2, 0.25) is 0 Å². The highest BCUT2D eigenvalue weighted by Crippen LogP contribution is 2.29. The summed E-state index contributed by atoms with van der Waals surface area (Å²) in [4.78, 5) is 16.6. The molecule has 1 amide bonds. The number of aliphatic imine (C=N–C) groups is 1. The number of aryl methyl sites for hydroxylation is 1. The van der Waals surface area contributed by atoms with E-state index in [1.54, 1.807) is 0 Å². The van der Waals surface area contributed by atoms with Gasteiger partial charge in [0, 0.05) is 17.1 Å². The number of halogens is 3. The van der Waals surface area contributed by atoms with Crippen molar-refractivity contribution in [3.63, 3.8) is 0 Å². The number of hydrogen-bond donors (Lipinski definition) is 4. The Hall–Kier alpha value is -2.91. The monoisotopic (exact) mass is 449 g/mol. The minimum atomic E-state index is -4.48. The molecule has 0 heterocycles. The number of nitrogens with zero attached hydrogens (tertiary/aromatic N) is 1. The number of rotatable bonds is 5. The van der Waals surface area contributed by atoms with Gasteiger partial charge in [0.1, 0.15) is 0 Å². The number of nitrogens with one attached hydrogen (secondary N) is 2. The van der Waals surface area contributed by atoms with Gasteiger partial charge in [-0.05, 0) is 63.9 Å². The second-order valence-corrected chi connectivity index (χ2v) is 8.72. The first-order valence-corrected chi connectivity index (χ1v) is 10.2. The number of hydrogen-bond acceptors (Lipinski definition) is 3. The minimum Gasteiger partial charge on any atom is -0.351 e. The van der Waals surface area contributed by atoms with Gasteiger partial charge in [-0.25, -0.2) is 0 Å². The van der Waals surface area contributed by atoms with Gasteiger partial charge in [0.05, 0.1) is 11.7 Å². The van der Waals surface area contributed by atoms with Crippen molar-refractivity contribution in [1.29, 1.82) is 0 Å². The normalized spacial score (nSPS) is 14.6. The fourth-order valence-corrected chi connectivity index (χ4v) is 2.88. The van der Waals surface area contributed by atoms with Crippen LogP contribution < -0.4 is 22.1 Å². The third-order valence-electron chi connectivity index (χ3n) is 4.50. The van der Waals surface area contributed by atoms with Crippen LogP contribution in [0.1, 0.15) is 60.3 Å². The first-order chi connectivity index (χ1) is 14.7. The summed E-state index contributed by atoms with van der Waals surface area (Å²) in [5.41, 5.74) is 13.2. The molecular formula is C23H30F3N5O. The molecule has 32 heavy (non-hydrogen) atoms. The van der Waals surface area contributed by atoms with Gasteiger partial charge in [-0.1, -0.05) is 29.8 Å². The van der Waals surface area contributed by atoms with Crippen molar-refractivity contribution in [2.45, 2.75) is 58.0 Å². The summed E-state index contributed by atoms with van der Waals surface area (Å²) in [6, 6.07) is 11.3. The number of alkyl halides is 3. The Labute approximate surface area is 186 Å². The lowest BCUT2D eigenvalue weighted by Gasteiger charge is -2.27. The Balaban J connectivity index is 2.14. The van der Waals surface area contributed by atoms with Crippen molar-refractivity contribution < 1.29 is 18.0 Å². The van der Waals surface area contributed by atoms with Crippen molar-refractivity contribution in [2.75, 3.05) is 0 Å². The van der Waals surface area contributed by atoms with Crippen molar-refractivity contribution >= 4 is 11.9 Å². The van der Waals surface area contributed by atoms with Gasteiger partial charge < -0.3 is 22.1 Å². The van der Waals surface area contributed by atoms with Crippen LogP contribution in [-0.4, -0.2) is 23.6 Å². The summed E-state index contributed by atoms with van der Waals surface area (Å²) in [6.07, 6.45) is -4.74. The van der Waals surface area contributed by atoms with Gasteiger partial charge in [-0.2, -0.15) is 18.2 Å². The van der Waals surface area contributed by atoms with Crippen molar-refractivity contribution in [2.24, 2.45) is 16.5 Å². The average Bonchev–Trinajstić information content (AvgIpc) is 2.66. The predicted octanol–water partition coefficient (Wildman–Crippen LogP) is 3.86. The van der Waals surface area contributed by atoms with E-state index in [-0.39, 0.29) is 17.6 Å². The third kappa shape index (κ3) is 7.97. The largest absolute Gasteiger partial charge is 0.416 e. The van der Waals surface area contributed by atoms with Crippen molar-refractivity contribution in [3.8, 4) is 0 Å². The maximum atomic E-state index is 12.7. The van der Waals surface area contributed by atoms with E-state index in [0.717, 1.165) is 35.4 Å². The Kier molecular flexibility index (Phi) is 8.03. The van der Waals surface area contributed by atoms with E-state index >= 15 is 0 Å². The molecule has 2 rings (SSSR count). The van der Waals surface area contributed by atoms with E-state index in [1.807, 2.05) is 52.0 Å². The second kappa shape index (κ2) is 10.1. The number of guanidine groups is 1. The van der Waals surface area contributed by atoms with E-state index in [4.69, 9.17) is 11.5 Å². The van der Waals surface area contributed by atoms with Gasteiger partial charge >= 0.3 is 6.18 Å². The van der Waals surface area contributed by atoms with Crippen LogP contribution in [-0.2, 0) is 6.18 Å². The lowest BCUT2D eigenvalue weighted by atomic mass is 10.0. The quantitative estimate of drug-likeness (QED) is 0.315. The molecule has 0 fully saturated rings. The topological polar surface area (TPSA) is 106 Å². The fraction of sp³-hybridized carbons (Fsp3) is 0.391. The average molecular weight is 450 g/mol. The molecule has 174 valence electrons. The number of amides is 1. The molecule has 2 aromatic rings. The zero-order valence-corrected chi connectivity index (χ0v) is 18.6. The molecule has 6 nitrogen and oxygen atoms in total. The molecule has 0 aliphatic carbocycles. The van der Waals surface area contributed by atoms with Crippen molar-refractivity contribution in [1.82, 2.24) is 10.6 Å². The Morgan fingerprint density at radius 2 is 1.56 bits per heavy atom. The van der Waals surface area contributed by atoms with E-state index in [2.05, 4.69) is 15.6 Å². The Bertz CT molecular complexity index is 932. The number of carbonyl (C=O) groups excluding carboxylic acids is 1.